The van der Waals surface area contributed by atoms with Gasteiger partial charge in [-0.25, -0.2) is 0 Å². The molecule has 6 nitrogen and oxygen atoms in total. The average molecular weight is 458 g/mol. The summed E-state index contributed by atoms with van der Waals surface area (Å²) in [5, 5.41) is 7.81. The van der Waals surface area contributed by atoms with Crippen molar-refractivity contribution in [3.63, 3.8) is 0 Å². The van der Waals surface area contributed by atoms with Crippen molar-refractivity contribution in [1.29, 1.82) is 0 Å². The van der Waals surface area contributed by atoms with Gasteiger partial charge in [0.1, 0.15) is 11.3 Å². The minimum absolute atomic E-state index is 0. The van der Waals surface area contributed by atoms with Gasteiger partial charge in [-0.15, -0.1) is 24.0 Å². The molecule has 0 radical (unpaired) electrons. The van der Waals surface area contributed by atoms with Crippen LogP contribution in [0.5, 0.6) is 0 Å². The molecule has 1 aliphatic heterocycles. The maximum absolute atomic E-state index is 5.93. The summed E-state index contributed by atoms with van der Waals surface area (Å²) in [6, 6.07) is 8.10. The van der Waals surface area contributed by atoms with Crippen molar-refractivity contribution in [3.8, 4) is 0 Å². The summed E-state index contributed by atoms with van der Waals surface area (Å²) in [7, 11) is 3.89. The fourth-order valence-electron chi connectivity index (χ4n) is 2.98. The quantitative estimate of drug-likeness (QED) is 0.419. The van der Waals surface area contributed by atoms with Crippen LogP contribution in [0.4, 0.5) is 0 Å². The highest BCUT2D eigenvalue weighted by atomic mass is 127. The number of morpholine rings is 1. The lowest BCUT2D eigenvalue weighted by Gasteiger charge is -2.30. The number of likely N-dealkylation sites (N-methyl/N-ethyl adjacent to an activating group) is 1. The van der Waals surface area contributed by atoms with Crippen molar-refractivity contribution in [3.05, 3.63) is 35.6 Å². The van der Waals surface area contributed by atoms with Crippen molar-refractivity contribution in [2.24, 2.45) is 4.99 Å². The molecule has 2 N–H and O–H groups in total. The number of nitrogens with zero attached hydrogens (tertiary/aromatic N) is 2. The largest absolute Gasteiger partial charge is 0.459 e. The van der Waals surface area contributed by atoms with E-state index in [-0.39, 0.29) is 30.1 Å². The number of nitrogens with one attached hydrogen (secondary N) is 2. The van der Waals surface area contributed by atoms with Gasteiger partial charge in [-0.2, -0.15) is 0 Å². The van der Waals surface area contributed by atoms with E-state index in [9.17, 15) is 0 Å². The van der Waals surface area contributed by atoms with E-state index >= 15 is 0 Å². The molecule has 1 atom stereocenters. The summed E-state index contributed by atoms with van der Waals surface area (Å²) in [4.78, 5) is 6.56. The van der Waals surface area contributed by atoms with Gasteiger partial charge in [-0.05, 0) is 20.0 Å². The molecule has 1 aliphatic rings. The summed E-state index contributed by atoms with van der Waals surface area (Å²) < 4.78 is 11.7. The molecule has 3 rings (SSSR count). The van der Waals surface area contributed by atoms with E-state index < -0.39 is 0 Å². The van der Waals surface area contributed by atoms with E-state index in [1.807, 2.05) is 18.2 Å². The Morgan fingerprint density at radius 3 is 2.84 bits per heavy atom. The van der Waals surface area contributed by atoms with E-state index in [4.69, 9.17) is 9.15 Å². The molecule has 2 heterocycles. The smallest absolute Gasteiger partial charge is 0.191 e. The van der Waals surface area contributed by atoms with Crippen LogP contribution in [0, 0.1) is 6.92 Å². The minimum Gasteiger partial charge on any atom is -0.459 e. The lowest BCUT2D eigenvalue weighted by atomic mass is 10.1. The van der Waals surface area contributed by atoms with E-state index in [1.165, 1.54) is 5.56 Å². The average Bonchev–Trinajstić information content (AvgIpc) is 2.92. The molecule has 0 spiro atoms. The van der Waals surface area contributed by atoms with Crippen molar-refractivity contribution >= 4 is 40.9 Å². The van der Waals surface area contributed by atoms with Gasteiger partial charge < -0.3 is 24.7 Å². The number of aliphatic imine (C=N–C) groups is 1. The Bertz CT molecular complexity index is 716. The highest BCUT2D eigenvalue weighted by Crippen LogP contribution is 2.24. The van der Waals surface area contributed by atoms with Crippen LogP contribution in [0.2, 0.25) is 0 Å². The highest BCUT2D eigenvalue weighted by molar-refractivity contribution is 14.0. The number of para-hydroxylation sites is 1. The van der Waals surface area contributed by atoms with Crippen molar-refractivity contribution in [2.75, 3.05) is 40.3 Å². The van der Waals surface area contributed by atoms with Crippen LogP contribution < -0.4 is 10.6 Å². The number of fused-ring (bicyclic) bond motifs is 1. The first-order chi connectivity index (χ1) is 11.7. The molecule has 7 heteroatoms. The Morgan fingerprint density at radius 1 is 1.32 bits per heavy atom. The maximum atomic E-state index is 5.93. The van der Waals surface area contributed by atoms with Gasteiger partial charge in [0.25, 0.3) is 0 Å². The predicted octanol–water partition coefficient (Wildman–Crippen LogP) is 2.35. The van der Waals surface area contributed by atoms with Crippen LogP contribution in [0.25, 0.3) is 11.0 Å². The maximum Gasteiger partial charge on any atom is 0.191 e. The topological polar surface area (TPSA) is 62.0 Å². The van der Waals surface area contributed by atoms with Gasteiger partial charge >= 0.3 is 0 Å². The Hall–Kier alpha value is -1.32. The molecule has 0 amide bonds. The summed E-state index contributed by atoms with van der Waals surface area (Å²) in [6.45, 7) is 6.15. The fourth-order valence-corrected chi connectivity index (χ4v) is 2.98. The van der Waals surface area contributed by atoms with Crippen LogP contribution in [-0.2, 0) is 11.3 Å². The Kier molecular flexibility index (Phi) is 7.52. The first-order valence-electron chi connectivity index (χ1n) is 8.39. The normalized spacial score (nSPS) is 18.8. The van der Waals surface area contributed by atoms with Crippen LogP contribution in [0.1, 0.15) is 11.3 Å². The van der Waals surface area contributed by atoms with Crippen molar-refractivity contribution in [1.82, 2.24) is 15.5 Å². The number of halogens is 1. The zero-order chi connectivity index (χ0) is 16.9. The molecule has 138 valence electrons. The zero-order valence-electron chi connectivity index (χ0n) is 15.0. The standard InChI is InChI=1S/C18H26N4O2.HI/c1-13-15-6-4-5-7-16(15)24-17(13)11-21-18(19-2)20-10-14-12-22(3)8-9-23-14;/h4-7,14H,8-12H2,1-3H3,(H2,19,20,21);1H. The van der Waals surface area contributed by atoms with Gasteiger partial charge in [0.2, 0.25) is 0 Å². The molecule has 1 aromatic heterocycles. The van der Waals surface area contributed by atoms with Crippen molar-refractivity contribution < 1.29 is 9.15 Å². The molecule has 1 saturated heterocycles. The summed E-state index contributed by atoms with van der Waals surface area (Å²) in [5.74, 6) is 1.69. The van der Waals surface area contributed by atoms with Crippen molar-refractivity contribution in [2.45, 2.75) is 19.6 Å². The van der Waals surface area contributed by atoms with Gasteiger partial charge in [-0.1, -0.05) is 18.2 Å². The first-order valence-corrected chi connectivity index (χ1v) is 8.39. The Balaban J connectivity index is 0.00000225. The number of hydrogen-bond acceptors (Lipinski definition) is 4. The molecule has 1 unspecified atom stereocenters. The van der Waals surface area contributed by atoms with Gasteiger partial charge in [-0.3, -0.25) is 4.99 Å². The summed E-state index contributed by atoms with van der Waals surface area (Å²) in [5.41, 5.74) is 2.10. The molecule has 0 bridgehead atoms. The van der Waals surface area contributed by atoms with Crippen LogP contribution in [0.15, 0.2) is 33.7 Å². The second-order valence-corrected chi connectivity index (χ2v) is 6.21. The van der Waals surface area contributed by atoms with E-state index in [2.05, 4.69) is 40.6 Å². The van der Waals surface area contributed by atoms with Gasteiger partial charge in [0, 0.05) is 37.6 Å². The van der Waals surface area contributed by atoms with E-state index in [1.54, 1.807) is 7.05 Å². The number of rotatable bonds is 4. The van der Waals surface area contributed by atoms with Crippen LogP contribution in [-0.4, -0.2) is 57.3 Å². The van der Waals surface area contributed by atoms with Crippen LogP contribution >= 0.6 is 24.0 Å². The first kappa shape index (κ1) is 20.0. The third kappa shape index (κ3) is 5.08. The van der Waals surface area contributed by atoms with E-state index in [0.29, 0.717) is 6.54 Å². The Labute approximate surface area is 166 Å². The molecule has 1 aromatic carbocycles. The molecule has 2 aromatic rings. The second kappa shape index (κ2) is 9.40. The molecular formula is C18H27IN4O2. The molecule has 25 heavy (non-hydrogen) atoms. The molecular weight excluding hydrogens is 431 g/mol. The molecule has 0 aliphatic carbocycles. The SMILES string of the molecule is CN=C(NCc1oc2ccccc2c1C)NCC1CN(C)CCO1.I. The lowest BCUT2D eigenvalue weighted by molar-refractivity contribution is -0.0161. The number of hydrogen-bond donors (Lipinski definition) is 2. The minimum atomic E-state index is 0. The summed E-state index contributed by atoms with van der Waals surface area (Å²) in [6.07, 6.45) is 0.190. The van der Waals surface area contributed by atoms with Gasteiger partial charge in [0.05, 0.1) is 19.3 Å². The number of aryl methyl sites for hydroxylation is 1. The fraction of sp³-hybridized carbons (Fsp3) is 0.500. The second-order valence-electron chi connectivity index (χ2n) is 6.21. The third-order valence-electron chi connectivity index (χ3n) is 4.42. The number of benzene rings is 1. The number of guanidine groups is 1. The highest BCUT2D eigenvalue weighted by Gasteiger charge is 2.18. The summed E-state index contributed by atoms with van der Waals surface area (Å²) >= 11 is 0. The third-order valence-corrected chi connectivity index (χ3v) is 4.42. The molecule has 1 fully saturated rings. The Morgan fingerprint density at radius 2 is 2.12 bits per heavy atom. The predicted molar refractivity (Wildman–Crippen MR) is 112 cm³/mol. The van der Waals surface area contributed by atoms with E-state index in [0.717, 1.165) is 48.9 Å². The van der Waals surface area contributed by atoms with Gasteiger partial charge in [0.15, 0.2) is 5.96 Å². The van der Waals surface area contributed by atoms with Crippen LogP contribution in [0.3, 0.4) is 0 Å². The monoisotopic (exact) mass is 458 g/mol. The molecule has 0 saturated carbocycles. The number of ether oxygens (including phenoxy) is 1. The lowest BCUT2D eigenvalue weighted by Crippen LogP contribution is -2.48. The zero-order valence-corrected chi connectivity index (χ0v) is 17.4. The number of furan rings is 1.